The van der Waals surface area contributed by atoms with Gasteiger partial charge in [0, 0.05) is 24.2 Å². The van der Waals surface area contributed by atoms with Gasteiger partial charge in [-0.15, -0.1) is 0 Å². The van der Waals surface area contributed by atoms with Gasteiger partial charge in [0.2, 0.25) is 0 Å². The fourth-order valence-corrected chi connectivity index (χ4v) is 3.52. The van der Waals surface area contributed by atoms with Crippen LogP contribution in [-0.2, 0) is 16.3 Å². The average molecular weight is 399 g/mol. The summed E-state index contributed by atoms with van der Waals surface area (Å²) >= 11 is 0. The molecule has 3 heterocycles. The van der Waals surface area contributed by atoms with Crippen molar-refractivity contribution >= 4 is 11.5 Å². The third-order valence-electron chi connectivity index (χ3n) is 5.09. The molecule has 0 aromatic carbocycles. The summed E-state index contributed by atoms with van der Waals surface area (Å²) in [6.07, 6.45) is 1.10. The second kappa shape index (κ2) is 6.62. The number of alkyl halides is 3. The van der Waals surface area contributed by atoms with Crippen molar-refractivity contribution in [3.8, 4) is 17.2 Å². The van der Waals surface area contributed by atoms with Crippen LogP contribution in [0.1, 0.15) is 41.4 Å². The molecule has 0 bridgehead atoms. The number of halogens is 3. The van der Waals surface area contributed by atoms with Gasteiger partial charge in [-0.1, -0.05) is 6.07 Å². The predicted molar refractivity (Wildman–Crippen MR) is 98.1 cm³/mol. The minimum Gasteiger partial charge on any atom is -0.462 e. The van der Waals surface area contributed by atoms with Crippen LogP contribution in [-0.4, -0.2) is 22.0 Å². The van der Waals surface area contributed by atoms with Crippen molar-refractivity contribution < 1.29 is 22.7 Å². The van der Waals surface area contributed by atoms with Crippen molar-refractivity contribution in [2.75, 3.05) is 6.61 Å². The van der Waals surface area contributed by atoms with Gasteiger partial charge in [0.1, 0.15) is 5.69 Å². The molecule has 8 heteroatoms. The van der Waals surface area contributed by atoms with Gasteiger partial charge in [-0.25, -0.2) is 4.79 Å². The molecule has 0 radical (unpaired) electrons. The summed E-state index contributed by atoms with van der Waals surface area (Å²) in [4.78, 5) is 15.8. The monoisotopic (exact) mass is 399 g/mol. The molecule has 1 aliphatic rings. The lowest BCUT2D eigenvalue weighted by Gasteiger charge is -2.10. The van der Waals surface area contributed by atoms with Gasteiger partial charge in [-0.2, -0.15) is 18.4 Å². The fraction of sp³-hybridized carbons (Fsp3) is 0.286. The lowest BCUT2D eigenvalue weighted by Crippen LogP contribution is -2.11. The lowest BCUT2D eigenvalue weighted by molar-refractivity contribution is -0.141. The molecular formula is C21H16F3N3O2. The molecule has 1 fully saturated rings. The van der Waals surface area contributed by atoms with Crippen LogP contribution >= 0.6 is 0 Å². The highest BCUT2D eigenvalue weighted by Crippen LogP contribution is 2.51. The number of rotatable bonds is 4. The van der Waals surface area contributed by atoms with Crippen LogP contribution in [0.3, 0.4) is 0 Å². The molecule has 0 saturated heterocycles. The van der Waals surface area contributed by atoms with Crippen LogP contribution in [0.2, 0.25) is 0 Å². The van der Waals surface area contributed by atoms with E-state index in [9.17, 15) is 23.2 Å². The molecule has 3 aromatic heterocycles. The topological polar surface area (TPSA) is 67.4 Å². The van der Waals surface area contributed by atoms with E-state index in [1.54, 1.807) is 35.9 Å². The first-order chi connectivity index (χ1) is 13.8. The summed E-state index contributed by atoms with van der Waals surface area (Å²) in [6.45, 7) is 1.90. The number of hydrogen-bond donors (Lipinski definition) is 0. The highest BCUT2D eigenvalue weighted by atomic mass is 19.4. The number of carbonyl (C=O) groups is 1. The molecule has 0 unspecified atom stereocenters. The first-order valence-electron chi connectivity index (χ1n) is 9.06. The highest BCUT2D eigenvalue weighted by molar-refractivity contribution is 5.95. The number of nitrogens with zero attached hydrogens (tertiary/aromatic N) is 3. The van der Waals surface area contributed by atoms with Gasteiger partial charge >= 0.3 is 12.1 Å². The minimum absolute atomic E-state index is 0.201. The van der Waals surface area contributed by atoms with Gasteiger partial charge in [-0.05, 0) is 49.1 Å². The van der Waals surface area contributed by atoms with Crippen molar-refractivity contribution in [3.63, 3.8) is 0 Å². The number of esters is 1. The molecule has 5 nitrogen and oxygen atoms in total. The quantitative estimate of drug-likeness (QED) is 0.594. The molecule has 29 heavy (non-hydrogen) atoms. The molecule has 148 valence electrons. The van der Waals surface area contributed by atoms with Crippen LogP contribution in [0.5, 0.6) is 0 Å². The Hall–Kier alpha value is -3.34. The Kier molecular flexibility index (Phi) is 4.34. The van der Waals surface area contributed by atoms with Crippen molar-refractivity contribution in [1.82, 2.24) is 9.38 Å². The number of aromatic nitrogens is 2. The first-order valence-corrected chi connectivity index (χ1v) is 9.06. The van der Waals surface area contributed by atoms with E-state index in [2.05, 4.69) is 11.1 Å². The summed E-state index contributed by atoms with van der Waals surface area (Å²) in [7, 11) is 0. The van der Waals surface area contributed by atoms with E-state index < -0.39 is 23.3 Å². The summed E-state index contributed by atoms with van der Waals surface area (Å²) in [5, 5.41) is 9.64. The molecule has 0 N–H and O–H groups in total. The third-order valence-corrected chi connectivity index (χ3v) is 5.09. The summed E-state index contributed by atoms with van der Waals surface area (Å²) < 4.78 is 45.8. The summed E-state index contributed by atoms with van der Waals surface area (Å²) in [6, 6.07) is 8.17. The number of fused-ring (bicyclic) bond motifs is 1. The molecular weight excluding hydrogens is 383 g/mol. The van der Waals surface area contributed by atoms with E-state index in [0.29, 0.717) is 40.6 Å². The van der Waals surface area contributed by atoms with Crippen LogP contribution in [0.15, 0.2) is 42.9 Å². The Labute approximate surface area is 164 Å². The largest absolute Gasteiger partial charge is 0.462 e. The van der Waals surface area contributed by atoms with Gasteiger partial charge in [0.15, 0.2) is 0 Å². The molecule has 1 aliphatic carbocycles. The zero-order valence-corrected chi connectivity index (χ0v) is 15.5. The highest BCUT2D eigenvalue weighted by Gasteiger charge is 2.49. The van der Waals surface area contributed by atoms with E-state index in [1.165, 1.54) is 6.07 Å². The van der Waals surface area contributed by atoms with Crippen molar-refractivity contribution in [1.29, 1.82) is 5.26 Å². The van der Waals surface area contributed by atoms with Crippen LogP contribution in [0.4, 0.5) is 13.2 Å². The van der Waals surface area contributed by atoms with Gasteiger partial charge in [0.25, 0.3) is 0 Å². The Morgan fingerprint density at radius 3 is 2.66 bits per heavy atom. The zero-order valence-electron chi connectivity index (χ0n) is 15.5. The van der Waals surface area contributed by atoms with E-state index in [0.717, 1.165) is 12.3 Å². The Balaban J connectivity index is 1.86. The van der Waals surface area contributed by atoms with Crippen LogP contribution in [0.25, 0.3) is 16.6 Å². The fourth-order valence-electron chi connectivity index (χ4n) is 3.52. The number of ether oxygens (including phenoxy) is 1. The molecule has 0 spiro atoms. The summed E-state index contributed by atoms with van der Waals surface area (Å²) in [5.41, 5.74) is 0.786. The smallest absolute Gasteiger partial charge is 0.433 e. The lowest BCUT2D eigenvalue weighted by atomic mass is 9.94. The number of carbonyl (C=O) groups excluding carboxylic acids is 1. The molecule has 4 rings (SSSR count). The Morgan fingerprint density at radius 1 is 1.28 bits per heavy atom. The number of hydrogen-bond acceptors (Lipinski definition) is 4. The van der Waals surface area contributed by atoms with E-state index in [1.807, 2.05) is 0 Å². The maximum atomic E-state index is 13.0. The third kappa shape index (κ3) is 3.23. The molecule has 0 amide bonds. The van der Waals surface area contributed by atoms with Crippen LogP contribution in [0, 0.1) is 11.3 Å². The van der Waals surface area contributed by atoms with Gasteiger partial charge in [-0.3, -0.25) is 4.98 Å². The second-order valence-corrected chi connectivity index (χ2v) is 6.97. The average Bonchev–Trinajstić information content (AvgIpc) is 3.39. The zero-order chi connectivity index (χ0) is 20.8. The Morgan fingerprint density at radius 2 is 2.03 bits per heavy atom. The van der Waals surface area contributed by atoms with E-state index >= 15 is 0 Å². The molecule has 0 atom stereocenters. The molecule has 0 aliphatic heterocycles. The minimum atomic E-state index is -4.54. The summed E-state index contributed by atoms with van der Waals surface area (Å²) in [5.74, 6) is -0.516. The SMILES string of the molecule is CCOC(=O)c1cn2cc(-c3ccnc(C(F)(F)F)c3)ccc2c1C1(C#N)CC1. The molecule has 3 aromatic rings. The first kappa shape index (κ1) is 19.0. The molecule has 1 saturated carbocycles. The van der Waals surface area contributed by atoms with E-state index in [4.69, 9.17) is 4.74 Å². The van der Waals surface area contributed by atoms with Crippen LogP contribution < -0.4 is 0 Å². The van der Waals surface area contributed by atoms with E-state index in [-0.39, 0.29) is 6.61 Å². The Bertz CT molecular complexity index is 1150. The number of pyridine rings is 2. The van der Waals surface area contributed by atoms with Crippen molar-refractivity contribution in [2.45, 2.75) is 31.4 Å². The van der Waals surface area contributed by atoms with Gasteiger partial charge < -0.3 is 9.14 Å². The maximum absolute atomic E-state index is 13.0. The second-order valence-electron chi connectivity index (χ2n) is 6.97. The maximum Gasteiger partial charge on any atom is 0.433 e. The normalized spacial score (nSPS) is 15.1. The van der Waals surface area contributed by atoms with Crippen molar-refractivity contribution in [2.24, 2.45) is 0 Å². The van der Waals surface area contributed by atoms with Gasteiger partial charge in [0.05, 0.1) is 29.2 Å². The number of nitriles is 1. The standard InChI is InChI=1S/C21H16F3N3O2/c1-2-29-19(28)15-11-27-10-14(13-5-8-26-17(9-13)21(22,23)24)3-4-16(27)18(15)20(12-25)6-7-20/h3-5,8-11H,2,6-7H2,1H3. The predicted octanol–water partition coefficient (Wildman–Crippen LogP) is 4.75. The van der Waals surface area contributed by atoms with Crippen molar-refractivity contribution in [3.05, 3.63) is 59.7 Å².